The second kappa shape index (κ2) is 20.3. The molecule has 7 heterocycles. The fraction of sp³-hybridized carbons (Fsp3) is 0.615. The lowest BCUT2D eigenvalue weighted by molar-refractivity contribution is 0.0117. The Morgan fingerprint density at radius 3 is 1.64 bits per heavy atom. The van der Waals surface area contributed by atoms with Crippen molar-refractivity contribution in [3.63, 3.8) is 0 Å². The number of hydrogen-bond donors (Lipinski definition) is 6. The molecule has 5 aliphatic rings. The molecule has 390 valence electrons. The van der Waals surface area contributed by atoms with E-state index < -0.39 is 47.9 Å². The molecule has 3 saturated heterocycles. The van der Waals surface area contributed by atoms with Crippen LogP contribution in [-0.2, 0) is 0 Å². The van der Waals surface area contributed by atoms with Crippen LogP contribution in [0.15, 0.2) is 24.5 Å². The van der Waals surface area contributed by atoms with Gasteiger partial charge in [0.1, 0.15) is 23.0 Å². The summed E-state index contributed by atoms with van der Waals surface area (Å²) in [5.41, 5.74) is 1.70. The average molecular weight is 1030 g/mol. The van der Waals surface area contributed by atoms with Crippen LogP contribution in [0, 0.1) is 19.3 Å². The topological polar surface area (TPSA) is 215 Å². The van der Waals surface area contributed by atoms with E-state index in [1.54, 1.807) is 47.0 Å². The van der Waals surface area contributed by atoms with E-state index in [0.29, 0.717) is 32.2 Å². The number of aryl methyl sites for hydroxylation is 2. The summed E-state index contributed by atoms with van der Waals surface area (Å²) in [5.74, 6) is -3.10. The number of halogens is 2. The number of anilines is 2. The zero-order valence-electron chi connectivity index (χ0n) is 42.9. The highest BCUT2D eigenvalue weighted by Crippen LogP contribution is 2.43. The second-order valence-electron chi connectivity index (χ2n) is 22.7. The number of thiazole rings is 2. The molecule has 0 unspecified atom stereocenters. The van der Waals surface area contributed by atoms with Gasteiger partial charge in [0, 0.05) is 73.2 Å². The zero-order valence-corrected chi connectivity index (χ0v) is 44.6. The summed E-state index contributed by atoms with van der Waals surface area (Å²) in [6.07, 6.45) is 14.2. The molecule has 4 aromatic heterocycles. The molecule has 2 bridgehead atoms. The van der Waals surface area contributed by atoms with E-state index in [0.717, 1.165) is 83.8 Å². The van der Waals surface area contributed by atoms with Crippen molar-refractivity contribution in [3.8, 4) is 20.9 Å². The Morgan fingerprint density at radius 2 is 1.22 bits per heavy atom. The Morgan fingerprint density at radius 1 is 0.750 bits per heavy atom. The minimum absolute atomic E-state index is 0.00936. The Bertz CT molecular complexity index is 2690. The Labute approximate surface area is 428 Å². The number of carbonyl (C=O) groups is 4. The second-order valence-corrected chi connectivity index (χ2v) is 24.7. The molecular weight excluding hydrogens is 963 g/mol. The van der Waals surface area contributed by atoms with Gasteiger partial charge in [-0.25, -0.2) is 28.7 Å². The Balaban J connectivity index is 0.000000193. The maximum Gasteiger partial charge on any atom is 0.280 e. The lowest BCUT2D eigenvalue weighted by atomic mass is 9.70. The fourth-order valence-corrected chi connectivity index (χ4v) is 12.3. The highest BCUT2D eigenvalue weighted by atomic mass is 32.1. The largest absolute Gasteiger partial charge is 0.389 e. The van der Waals surface area contributed by atoms with Crippen LogP contribution < -0.4 is 21.3 Å². The van der Waals surface area contributed by atoms with Gasteiger partial charge in [-0.2, -0.15) is 0 Å². The summed E-state index contributed by atoms with van der Waals surface area (Å²) in [6.45, 7) is 16.6. The highest BCUT2D eigenvalue weighted by Gasteiger charge is 2.47. The summed E-state index contributed by atoms with van der Waals surface area (Å²) in [4.78, 5) is 75.1. The first-order valence-electron chi connectivity index (χ1n) is 25.2. The van der Waals surface area contributed by atoms with Crippen LogP contribution in [-0.4, -0.2) is 131 Å². The predicted molar refractivity (Wildman–Crippen MR) is 276 cm³/mol. The quantitative estimate of drug-likeness (QED) is 0.0660. The van der Waals surface area contributed by atoms with Crippen molar-refractivity contribution in [1.29, 1.82) is 0 Å². The third-order valence-electron chi connectivity index (χ3n) is 14.7. The maximum atomic E-state index is 14.1. The van der Waals surface area contributed by atoms with Crippen molar-refractivity contribution in [2.24, 2.45) is 5.41 Å². The molecule has 0 aromatic carbocycles. The predicted octanol–water partition coefficient (Wildman–Crippen LogP) is 8.62. The van der Waals surface area contributed by atoms with Gasteiger partial charge in [0.2, 0.25) is 0 Å². The lowest BCUT2D eigenvalue weighted by Crippen LogP contribution is -2.41. The van der Waals surface area contributed by atoms with E-state index in [1.807, 2.05) is 30.9 Å². The summed E-state index contributed by atoms with van der Waals surface area (Å²) in [6, 6.07) is 3.77. The van der Waals surface area contributed by atoms with Crippen LogP contribution in [0.1, 0.15) is 171 Å². The molecule has 1 atom stereocenters. The van der Waals surface area contributed by atoms with Gasteiger partial charge in [0.25, 0.3) is 29.6 Å². The van der Waals surface area contributed by atoms with Crippen molar-refractivity contribution >= 4 is 57.9 Å². The smallest absolute Gasteiger partial charge is 0.280 e. The third-order valence-corrected chi connectivity index (χ3v) is 16.9. The number of fused-ring (bicyclic) bond motifs is 2. The van der Waals surface area contributed by atoms with E-state index in [-0.39, 0.29) is 58.2 Å². The van der Waals surface area contributed by atoms with Gasteiger partial charge in [-0.15, -0.1) is 22.7 Å². The lowest BCUT2D eigenvalue weighted by Gasteiger charge is -2.39. The molecular formula is C52H70F2N10O6S2. The van der Waals surface area contributed by atoms with Crippen molar-refractivity contribution in [3.05, 3.63) is 57.1 Å². The molecule has 2 aliphatic carbocycles. The number of hydrogen-bond acceptors (Lipinski definition) is 14. The summed E-state index contributed by atoms with van der Waals surface area (Å²) >= 11 is 2.23. The minimum Gasteiger partial charge on any atom is -0.389 e. The summed E-state index contributed by atoms with van der Waals surface area (Å²) in [5, 5.41) is 32.5. The van der Waals surface area contributed by atoms with Gasteiger partial charge in [0.15, 0.2) is 10.0 Å². The van der Waals surface area contributed by atoms with E-state index in [2.05, 4.69) is 55.1 Å². The molecule has 4 amide bonds. The molecule has 5 fully saturated rings. The van der Waals surface area contributed by atoms with Crippen LogP contribution in [0.4, 0.5) is 20.4 Å². The number of rotatable bonds is 15. The number of alkyl halides is 2. The number of likely N-dealkylation sites (tertiary alicyclic amines) is 1. The van der Waals surface area contributed by atoms with Crippen molar-refractivity contribution in [2.45, 2.75) is 174 Å². The van der Waals surface area contributed by atoms with Gasteiger partial charge in [-0.05, 0) is 142 Å². The van der Waals surface area contributed by atoms with Crippen LogP contribution in [0.5, 0.6) is 0 Å². The molecule has 6 N–H and O–H groups in total. The normalized spacial score (nSPS) is 21.5. The first-order valence-corrected chi connectivity index (χ1v) is 26.8. The first-order chi connectivity index (χ1) is 33.7. The number of aliphatic hydroxyl groups is 2. The monoisotopic (exact) mass is 1030 g/mol. The molecule has 16 nitrogen and oxygen atoms in total. The molecule has 9 rings (SSSR count). The van der Waals surface area contributed by atoms with Gasteiger partial charge < -0.3 is 41.3 Å². The molecule has 72 heavy (non-hydrogen) atoms. The first kappa shape index (κ1) is 53.1. The van der Waals surface area contributed by atoms with E-state index >= 15 is 0 Å². The van der Waals surface area contributed by atoms with Crippen LogP contribution >= 0.6 is 22.7 Å². The molecule has 3 aliphatic heterocycles. The molecule has 2 saturated carbocycles. The number of nitrogens with one attached hydrogen (secondary N) is 4. The number of pyridine rings is 2. The van der Waals surface area contributed by atoms with Gasteiger partial charge in [-0.3, -0.25) is 19.2 Å². The van der Waals surface area contributed by atoms with E-state index in [4.69, 9.17) is 0 Å². The zero-order chi connectivity index (χ0) is 52.1. The molecule has 4 aromatic rings. The van der Waals surface area contributed by atoms with E-state index in [1.165, 1.54) is 37.0 Å². The third kappa shape index (κ3) is 12.1. The fourth-order valence-electron chi connectivity index (χ4n) is 10.2. The Hall–Kier alpha value is -5.18. The van der Waals surface area contributed by atoms with Crippen molar-refractivity contribution in [1.82, 2.24) is 40.4 Å². The number of carbonyl (C=O) groups excluding carboxylic acids is 4. The maximum absolute atomic E-state index is 14.1. The molecule has 0 spiro atoms. The van der Waals surface area contributed by atoms with Crippen molar-refractivity contribution < 1.29 is 38.2 Å². The van der Waals surface area contributed by atoms with Gasteiger partial charge >= 0.3 is 0 Å². The average Bonchev–Trinajstić information content (AvgIpc) is 4.13. The Kier molecular flexibility index (Phi) is 15.0. The van der Waals surface area contributed by atoms with Crippen LogP contribution in [0.25, 0.3) is 20.9 Å². The van der Waals surface area contributed by atoms with Gasteiger partial charge in [-0.1, -0.05) is 13.3 Å². The molecule has 0 radical (unpaired) electrons. The van der Waals surface area contributed by atoms with E-state index in [9.17, 15) is 38.2 Å². The summed E-state index contributed by atoms with van der Waals surface area (Å²) < 4.78 is 28.1. The molecule has 20 heteroatoms. The standard InChI is InChI=1S/C27H37N5O3S.C25H33F2N5O3S/c1-16-12-20(29-15-27(4)10-5-11-27)28-13-19(16)22-21(25(34)32-17-6-7-18(32)9-8-17)31-24(36-22)23(33)30-14-26(2,3)35;1-14-9-17(31-24(5)7-6-8-24)28-11-16(14)19-18(22(34)32-13-25(26,27)10-15(32)2)30-21(36-19)20(33)29-12-23(3,4)35/h12-13,17-18,35H,5-11,14-15H2,1-4H3,(H,28,29)(H,30,33);9,11,15,35H,6-8,10,12-13H2,1-5H3,(H,28,31)(H,29,33)/t;15-/m.0/s1. The highest BCUT2D eigenvalue weighted by molar-refractivity contribution is 7.17. The SMILES string of the molecule is Cc1cc(NC2(C)CCC2)ncc1-c1sc(C(=O)NCC(C)(C)O)nc1C(=O)N1CC(F)(F)C[C@@H]1C.Cc1cc(NCC2(C)CCC2)ncc1-c1sc(C(=O)NCC(C)(C)O)nc1C(=O)N1C2CCC1CC2. The van der Waals surface area contributed by atoms with Gasteiger partial charge in [0.05, 0.1) is 27.5 Å². The number of nitrogens with zero attached hydrogens (tertiary/aromatic N) is 6. The van der Waals surface area contributed by atoms with Crippen molar-refractivity contribution in [2.75, 3.05) is 36.8 Å². The number of amides is 4. The summed E-state index contributed by atoms with van der Waals surface area (Å²) in [7, 11) is 0. The van der Waals surface area contributed by atoms with Crippen LogP contribution in [0.2, 0.25) is 0 Å². The number of aromatic nitrogens is 4. The van der Waals surface area contributed by atoms with Crippen LogP contribution in [0.3, 0.4) is 0 Å². The minimum atomic E-state index is -2.97.